The van der Waals surface area contributed by atoms with Gasteiger partial charge in [-0.1, -0.05) is 24.3 Å². The fraction of sp³-hybridized carbons (Fsp3) is 0.619. The van der Waals surface area contributed by atoms with Crippen molar-refractivity contribution in [2.24, 2.45) is 0 Å². The number of fused-ring (bicyclic) bond motifs is 1. The lowest BCUT2D eigenvalue weighted by Crippen LogP contribution is -2.49. The first-order valence-electron chi connectivity index (χ1n) is 9.86. The van der Waals surface area contributed by atoms with E-state index in [1.807, 2.05) is 31.7 Å². The van der Waals surface area contributed by atoms with Crippen LogP contribution < -0.4 is 5.32 Å². The van der Waals surface area contributed by atoms with Gasteiger partial charge in [0.2, 0.25) is 5.91 Å². The lowest BCUT2D eigenvalue weighted by atomic mass is 10.00. The number of nitrogens with zero attached hydrogens (tertiary/aromatic N) is 2. The van der Waals surface area contributed by atoms with Crippen molar-refractivity contribution < 1.29 is 14.3 Å². The van der Waals surface area contributed by atoms with E-state index >= 15 is 0 Å². The van der Waals surface area contributed by atoms with Crippen molar-refractivity contribution >= 4 is 12.0 Å². The number of piperidine rings is 1. The summed E-state index contributed by atoms with van der Waals surface area (Å²) in [7, 11) is 0. The SMILES string of the molecule is CC(C)(C)OC(=O)NC1CCN(CC(=O)N2CCc3ccccc3C2)CC1. The number of rotatable bonds is 3. The van der Waals surface area contributed by atoms with Crippen molar-refractivity contribution in [1.29, 1.82) is 0 Å². The van der Waals surface area contributed by atoms with Gasteiger partial charge in [0.25, 0.3) is 0 Å². The summed E-state index contributed by atoms with van der Waals surface area (Å²) in [5.74, 6) is 0.197. The second-order valence-electron chi connectivity index (χ2n) is 8.53. The predicted octanol–water partition coefficient (Wildman–Crippen LogP) is 2.56. The third kappa shape index (κ3) is 5.70. The number of carbonyl (C=O) groups is 2. The Bertz CT molecular complexity index is 675. The van der Waals surface area contributed by atoms with Gasteiger partial charge < -0.3 is 15.0 Å². The van der Waals surface area contributed by atoms with E-state index in [2.05, 4.69) is 28.4 Å². The number of hydrogen-bond donors (Lipinski definition) is 1. The molecule has 0 bridgehead atoms. The number of amides is 2. The number of carbonyl (C=O) groups excluding carboxylic acids is 2. The molecular formula is C21H31N3O3. The van der Waals surface area contributed by atoms with Crippen LogP contribution in [0.3, 0.4) is 0 Å². The fourth-order valence-corrected chi connectivity index (χ4v) is 3.71. The van der Waals surface area contributed by atoms with Gasteiger partial charge in [0, 0.05) is 32.2 Å². The average molecular weight is 373 g/mol. The Morgan fingerprint density at radius 1 is 1.11 bits per heavy atom. The summed E-state index contributed by atoms with van der Waals surface area (Å²) in [5.41, 5.74) is 2.14. The van der Waals surface area contributed by atoms with Gasteiger partial charge in [0.15, 0.2) is 0 Å². The highest BCUT2D eigenvalue weighted by Gasteiger charge is 2.26. The Hall–Kier alpha value is -2.08. The molecule has 2 amide bonds. The lowest BCUT2D eigenvalue weighted by molar-refractivity contribution is -0.133. The molecule has 3 rings (SSSR count). The Morgan fingerprint density at radius 2 is 1.78 bits per heavy atom. The quantitative estimate of drug-likeness (QED) is 0.885. The lowest BCUT2D eigenvalue weighted by Gasteiger charge is -2.35. The number of nitrogens with one attached hydrogen (secondary N) is 1. The van der Waals surface area contributed by atoms with Crippen molar-refractivity contribution in [2.45, 2.75) is 58.2 Å². The third-order valence-electron chi connectivity index (χ3n) is 5.15. The number of benzene rings is 1. The number of hydrogen-bond acceptors (Lipinski definition) is 4. The van der Waals surface area contributed by atoms with Crippen molar-refractivity contribution in [3.63, 3.8) is 0 Å². The highest BCUT2D eigenvalue weighted by atomic mass is 16.6. The highest BCUT2D eigenvalue weighted by molar-refractivity contribution is 5.78. The minimum absolute atomic E-state index is 0.119. The average Bonchev–Trinajstić information content (AvgIpc) is 2.61. The summed E-state index contributed by atoms with van der Waals surface area (Å²) >= 11 is 0. The molecule has 1 fully saturated rings. The first-order chi connectivity index (χ1) is 12.8. The normalized spacial score (nSPS) is 18.7. The molecule has 1 aromatic rings. The van der Waals surface area contributed by atoms with Crippen molar-refractivity contribution in [3.05, 3.63) is 35.4 Å². The van der Waals surface area contributed by atoms with E-state index in [-0.39, 0.29) is 18.0 Å². The summed E-state index contributed by atoms with van der Waals surface area (Å²) < 4.78 is 5.32. The van der Waals surface area contributed by atoms with Gasteiger partial charge in [-0.3, -0.25) is 9.69 Å². The molecule has 2 aliphatic rings. The van der Waals surface area contributed by atoms with E-state index in [0.717, 1.165) is 38.9 Å². The number of likely N-dealkylation sites (tertiary alicyclic amines) is 1. The summed E-state index contributed by atoms with van der Waals surface area (Å²) in [6.07, 6.45) is 2.26. The molecule has 2 aliphatic heterocycles. The molecule has 1 saturated heterocycles. The van der Waals surface area contributed by atoms with Crippen LogP contribution in [0.5, 0.6) is 0 Å². The standard InChI is InChI=1S/C21H31N3O3/c1-21(2,3)27-20(26)22-18-9-11-23(12-10-18)15-19(25)24-13-8-16-6-4-5-7-17(16)14-24/h4-7,18H,8-15H2,1-3H3,(H,22,26). The molecule has 6 heteroatoms. The highest BCUT2D eigenvalue weighted by Crippen LogP contribution is 2.19. The third-order valence-corrected chi connectivity index (χ3v) is 5.15. The number of alkyl carbamates (subject to hydrolysis) is 1. The van der Waals surface area contributed by atoms with Gasteiger partial charge >= 0.3 is 6.09 Å². The minimum Gasteiger partial charge on any atom is -0.444 e. The molecule has 0 unspecified atom stereocenters. The van der Waals surface area contributed by atoms with Gasteiger partial charge in [0.05, 0.1) is 6.54 Å². The van der Waals surface area contributed by atoms with E-state index in [9.17, 15) is 9.59 Å². The largest absolute Gasteiger partial charge is 0.444 e. The molecule has 0 atom stereocenters. The second kappa shape index (κ2) is 8.30. The smallest absolute Gasteiger partial charge is 0.407 e. The predicted molar refractivity (Wildman–Crippen MR) is 104 cm³/mol. The van der Waals surface area contributed by atoms with Crippen LogP contribution in [0.1, 0.15) is 44.7 Å². The maximum Gasteiger partial charge on any atom is 0.407 e. The zero-order valence-corrected chi connectivity index (χ0v) is 16.7. The van der Waals surface area contributed by atoms with E-state index in [1.54, 1.807) is 0 Å². The molecule has 0 radical (unpaired) electrons. The summed E-state index contributed by atoms with van der Waals surface area (Å²) in [5, 5.41) is 2.94. The van der Waals surface area contributed by atoms with Gasteiger partial charge in [-0.2, -0.15) is 0 Å². The molecule has 148 valence electrons. The Labute approximate surface area is 161 Å². The van der Waals surface area contributed by atoms with Crippen LogP contribution in [0.15, 0.2) is 24.3 Å². The van der Waals surface area contributed by atoms with Gasteiger partial charge in [-0.25, -0.2) is 4.79 Å². The molecule has 0 spiro atoms. The van der Waals surface area contributed by atoms with Crippen LogP contribution in [0.25, 0.3) is 0 Å². The molecule has 2 heterocycles. The van der Waals surface area contributed by atoms with Gasteiger partial charge in [-0.05, 0) is 51.2 Å². The summed E-state index contributed by atoms with van der Waals surface area (Å²) in [4.78, 5) is 28.7. The van der Waals surface area contributed by atoms with Crippen LogP contribution in [0, 0.1) is 0 Å². The summed E-state index contributed by atoms with van der Waals surface area (Å²) in [6, 6.07) is 8.48. The van der Waals surface area contributed by atoms with Crippen LogP contribution >= 0.6 is 0 Å². The van der Waals surface area contributed by atoms with E-state index in [1.165, 1.54) is 11.1 Å². The van der Waals surface area contributed by atoms with Gasteiger partial charge in [0.1, 0.15) is 5.60 Å². The Kier molecular flexibility index (Phi) is 6.05. The van der Waals surface area contributed by atoms with E-state index in [4.69, 9.17) is 4.74 Å². The maximum atomic E-state index is 12.7. The van der Waals surface area contributed by atoms with Gasteiger partial charge in [-0.15, -0.1) is 0 Å². The molecule has 1 aromatic carbocycles. The molecule has 0 aromatic heterocycles. The first kappa shape index (κ1) is 19.7. The monoisotopic (exact) mass is 373 g/mol. The van der Waals surface area contributed by atoms with Crippen molar-refractivity contribution in [2.75, 3.05) is 26.2 Å². The second-order valence-corrected chi connectivity index (χ2v) is 8.53. The van der Waals surface area contributed by atoms with E-state index in [0.29, 0.717) is 13.1 Å². The zero-order valence-electron chi connectivity index (χ0n) is 16.7. The van der Waals surface area contributed by atoms with Crippen molar-refractivity contribution in [1.82, 2.24) is 15.1 Å². The van der Waals surface area contributed by atoms with Crippen LogP contribution in [0.4, 0.5) is 4.79 Å². The van der Waals surface area contributed by atoms with Crippen LogP contribution in [0.2, 0.25) is 0 Å². The summed E-state index contributed by atoms with van der Waals surface area (Å²) in [6.45, 7) is 9.19. The van der Waals surface area contributed by atoms with E-state index < -0.39 is 5.60 Å². The molecular weight excluding hydrogens is 342 g/mol. The first-order valence-corrected chi connectivity index (χ1v) is 9.86. The van der Waals surface area contributed by atoms with Crippen molar-refractivity contribution in [3.8, 4) is 0 Å². The molecule has 0 saturated carbocycles. The fourth-order valence-electron chi connectivity index (χ4n) is 3.71. The van der Waals surface area contributed by atoms with Crippen LogP contribution in [-0.2, 0) is 22.5 Å². The topological polar surface area (TPSA) is 61.9 Å². The molecule has 1 N–H and O–H groups in total. The zero-order chi connectivity index (χ0) is 19.4. The Balaban J connectivity index is 1.42. The molecule has 27 heavy (non-hydrogen) atoms. The number of ether oxygens (including phenoxy) is 1. The van der Waals surface area contributed by atoms with Crippen LogP contribution in [-0.4, -0.2) is 59.6 Å². The maximum absolute atomic E-state index is 12.7. The Morgan fingerprint density at radius 3 is 2.44 bits per heavy atom. The molecule has 6 nitrogen and oxygen atoms in total. The molecule has 0 aliphatic carbocycles. The minimum atomic E-state index is -0.482.